The molecule has 10 heteroatoms. The lowest BCUT2D eigenvalue weighted by molar-refractivity contribution is -0.197. The molecule has 0 aromatic carbocycles. The summed E-state index contributed by atoms with van der Waals surface area (Å²) in [5.41, 5.74) is 0. The number of amides is 2. The Morgan fingerprint density at radius 3 is 2.61 bits per heavy atom. The average molecular weight is 297 g/mol. The quantitative estimate of drug-likeness (QED) is 0.518. The van der Waals surface area contributed by atoms with Crippen LogP contribution in [-0.2, 0) is 29.3 Å². The van der Waals surface area contributed by atoms with Crippen molar-refractivity contribution in [1.29, 1.82) is 0 Å². The highest BCUT2D eigenvalue weighted by molar-refractivity contribution is 7.98. The van der Waals surface area contributed by atoms with E-state index in [0.29, 0.717) is 5.75 Å². The molecule has 0 aliphatic carbocycles. The fourth-order valence-corrected chi connectivity index (χ4v) is 2.32. The van der Waals surface area contributed by atoms with Gasteiger partial charge in [-0.25, -0.2) is 4.79 Å². The normalized spacial score (nSPS) is 20.3. The molecule has 0 spiro atoms. The third kappa shape index (κ3) is 3.43. The van der Waals surface area contributed by atoms with Gasteiger partial charge >= 0.3 is 5.97 Å². The number of imide groups is 1. The summed E-state index contributed by atoms with van der Waals surface area (Å²) in [4.78, 5) is 38.4. The lowest BCUT2D eigenvalue weighted by Crippen LogP contribution is -2.36. The fraction of sp³-hybridized carbons (Fsp3) is 0.625. The van der Waals surface area contributed by atoms with E-state index in [2.05, 4.69) is 4.84 Å². The van der Waals surface area contributed by atoms with Crippen molar-refractivity contribution in [2.45, 2.75) is 18.1 Å². The summed E-state index contributed by atoms with van der Waals surface area (Å²) >= 11 is 1.37. The minimum absolute atomic E-state index is 0.0191. The number of hydrogen-bond acceptors (Lipinski definition) is 7. The third-order valence-electron chi connectivity index (χ3n) is 2.13. The van der Waals surface area contributed by atoms with Gasteiger partial charge in [-0.2, -0.15) is 20.2 Å². The predicted octanol–water partition coefficient (Wildman–Crippen LogP) is -0.787. The summed E-state index contributed by atoms with van der Waals surface area (Å²) in [5.74, 6) is -2.60. The van der Waals surface area contributed by atoms with Crippen LogP contribution in [0, 0.1) is 0 Å². The third-order valence-corrected chi connectivity index (χ3v) is 3.82. The first kappa shape index (κ1) is 14.9. The van der Waals surface area contributed by atoms with Crippen LogP contribution < -0.4 is 0 Å². The van der Waals surface area contributed by atoms with Gasteiger partial charge < -0.3 is 4.84 Å². The monoisotopic (exact) mass is 297 g/mol. The van der Waals surface area contributed by atoms with Crippen LogP contribution in [0.15, 0.2) is 0 Å². The topological polar surface area (TPSA) is 118 Å². The highest BCUT2D eigenvalue weighted by Crippen LogP contribution is 2.20. The van der Waals surface area contributed by atoms with Gasteiger partial charge in [-0.05, 0) is 6.26 Å². The molecule has 1 atom stereocenters. The molecule has 0 aromatic heterocycles. The number of rotatable bonds is 5. The summed E-state index contributed by atoms with van der Waals surface area (Å²) in [6.07, 6.45) is 1.01. The van der Waals surface area contributed by atoms with Gasteiger partial charge in [-0.15, -0.1) is 5.06 Å². The molecule has 0 bridgehead atoms. The van der Waals surface area contributed by atoms with Crippen molar-refractivity contribution in [1.82, 2.24) is 5.06 Å². The lowest BCUT2D eigenvalue weighted by Gasteiger charge is -2.12. The first-order valence-electron chi connectivity index (χ1n) is 4.80. The van der Waals surface area contributed by atoms with E-state index in [0.717, 1.165) is 0 Å². The van der Waals surface area contributed by atoms with Crippen LogP contribution in [0.5, 0.6) is 0 Å². The highest BCUT2D eigenvalue weighted by Gasteiger charge is 2.48. The van der Waals surface area contributed by atoms with Gasteiger partial charge in [-0.3, -0.25) is 14.1 Å². The molecule has 0 saturated carbocycles. The Hall–Kier alpha value is -1.13. The fourth-order valence-electron chi connectivity index (χ4n) is 1.24. The molecule has 1 aliphatic heterocycles. The first-order valence-corrected chi connectivity index (χ1v) is 7.70. The summed E-state index contributed by atoms with van der Waals surface area (Å²) < 4.78 is 30.3. The average Bonchev–Trinajstić information content (AvgIpc) is 2.53. The number of nitrogens with zero attached hydrogens (tertiary/aromatic N) is 1. The maximum atomic E-state index is 11.5. The van der Waals surface area contributed by atoms with Crippen molar-refractivity contribution in [3.63, 3.8) is 0 Å². The second kappa shape index (κ2) is 5.67. The van der Waals surface area contributed by atoms with E-state index < -0.39 is 39.6 Å². The Balaban J connectivity index is 2.71. The van der Waals surface area contributed by atoms with E-state index >= 15 is 0 Å². The first-order chi connectivity index (χ1) is 8.27. The molecule has 1 aliphatic rings. The number of thioether (sulfide) groups is 1. The van der Waals surface area contributed by atoms with Gasteiger partial charge in [0, 0.05) is 5.75 Å². The van der Waals surface area contributed by atoms with Crippen LogP contribution in [0.3, 0.4) is 0 Å². The summed E-state index contributed by atoms with van der Waals surface area (Å²) in [7, 11) is -4.68. The van der Waals surface area contributed by atoms with E-state index in [1.165, 1.54) is 11.8 Å². The maximum absolute atomic E-state index is 11.5. The summed E-state index contributed by atoms with van der Waals surface area (Å²) in [6.45, 7) is 0. The van der Waals surface area contributed by atoms with Crippen molar-refractivity contribution < 1.29 is 32.2 Å². The van der Waals surface area contributed by atoms with Crippen LogP contribution in [0.2, 0.25) is 0 Å². The van der Waals surface area contributed by atoms with Gasteiger partial charge in [0.05, 0.1) is 12.8 Å². The molecular formula is C8H11NO7S2. The molecule has 1 fully saturated rings. The Bertz CT molecular complexity index is 472. The Labute approximate surface area is 107 Å². The number of hydroxylamine groups is 2. The molecule has 1 unspecified atom stereocenters. The number of carbonyl (C=O) groups excluding carboxylic acids is 3. The highest BCUT2D eigenvalue weighted by atomic mass is 32.2. The molecule has 102 valence electrons. The van der Waals surface area contributed by atoms with E-state index in [1.807, 2.05) is 0 Å². The van der Waals surface area contributed by atoms with Crippen molar-refractivity contribution >= 4 is 39.7 Å². The second-order valence-corrected chi connectivity index (χ2v) is 6.02. The zero-order valence-corrected chi connectivity index (χ0v) is 11.0. The molecule has 1 heterocycles. The van der Waals surface area contributed by atoms with E-state index in [4.69, 9.17) is 4.55 Å². The van der Waals surface area contributed by atoms with Crippen molar-refractivity contribution in [3.05, 3.63) is 0 Å². The van der Waals surface area contributed by atoms with Crippen LogP contribution in [0.25, 0.3) is 0 Å². The maximum Gasteiger partial charge on any atom is 0.334 e. The van der Waals surface area contributed by atoms with Crippen LogP contribution in [-0.4, -0.2) is 53.1 Å². The van der Waals surface area contributed by atoms with Crippen molar-refractivity contribution in [2.75, 3.05) is 12.0 Å². The molecule has 1 rings (SSSR count). The zero-order valence-electron chi connectivity index (χ0n) is 9.36. The van der Waals surface area contributed by atoms with E-state index in [-0.39, 0.29) is 11.5 Å². The number of carbonyl (C=O) groups is 3. The predicted molar refractivity (Wildman–Crippen MR) is 60.9 cm³/mol. The molecule has 8 nitrogen and oxygen atoms in total. The molecule has 1 saturated heterocycles. The van der Waals surface area contributed by atoms with Crippen molar-refractivity contribution in [2.24, 2.45) is 0 Å². The molecule has 18 heavy (non-hydrogen) atoms. The molecule has 2 amide bonds. The second-order valence-electron chi connectivity index (χ2n) is 3.44. The van der Waals surface area contributed by atoms with Crippen molar-refractivity contribution in [3.8, 4) is 0 Å². The molecule has 0 radical (unpaired) electrons. The van der Waals surface area contributed by atoms with Gasteiger partial charge in [0.15, 0.2) is 5.25 Å². The van der Waals surface area contributed by atoms with Gasteiger partial charge in [0.1, 0.15) is 0 Å². The van der Waals surface area contributed by atoms with Gasteiger partial charge in [0.2, 0.25) is 0 Å². The summed E-state index contributed by atoms with van der Waals surface area (Å²) in [5, 5.41) is -1.79. The zero-order chi connectivity index (χ0) is 13.9. The Kier molecular flexibility index (Phi) is 4.71. The SMILES string of the molecule is CSCCC(=O)ON1C(=O)CC(S(=O)(=O)O)C1=O. The smallest absolute Gasteiger partial charge is 0.330 e. The lowest BCUT2D eigenvalue weighted by atomic mass is 10.4. The van der Waals surface area contributed by atoms with Crippen LogP contribution >= 0.6 is 11.8 Å². The van der Waals surface area contributed by atoms with E-state index in [1.54, 1.807) is 6.26 Å². The Morgan fingerprint density at radius 2 is 2.17 bits per heavy atom. The van der Waals surface area contributed by atoms with E-state index in [9.17, 15) is 22.8 Å². The molecule has 0 aromatic rings. The minimum atomic E-state index is -4.68. The molecular weight excluding hydrogens is 286 g/mol. The number of hydrogen-bond donors (Lipinski definition) is 1. The van der Waals surface area contributed by atoms with Crippen LogP contribution in [0.1, 0.15) is 12.8 Å². The van der Waals surface area contributed by atoms with Crippen LogP contribution in [0.4, 0.5) is 0 Å². The molecule has 1 N–H and O–H groups in total. The van der Waals surface area contributed by atoms with Gasteiger partial charge in [-0.1, -0.05) is 0 Å². The standard InChI is InChI=1S/C8H11NO7S2/c1-17-3-2-7(11)16-9-6(10)4-5(8(9)12)18(13,14)15/h5H,2-4H2,1H3,(H,13,14,15). The summed E-state index contributed by atoms with van der Waals surface area (Å²) in [6, 6.07) is 0. The Morgan fingerprint density at radius 1 is 1.56 bits per heavy atom. The minimum Gasteiger partial charge on any atom is -0.330 e. The largest absolute Gasteiger partial charge is 0.334 e. The van der Waals surface area contributed by atoms with Gasteiger partial charge in [0.25, 0.3) is 21.9 Å².